The number of rotatable bonds is 5. The minimum Gasteiger partial charge on any atom is -0.370 e. The van der Waals surface area contributed by atoms with E-state index in [1.807, 2.05) is 14.0 Å². The number of ether oxygens (including phenoxy) is 1. The van der Waals surface area contributed by atoms with Gasteiger partial charge in [-0.1, -0.05) is 32.3 Å². The molecule has 2 rings (SSSR count). The number of hydrogen-bond donors (Lipinski definition) is 1. The Kier molecular flexibility index (Phi) is 4.81. The first-order chi connectivity index (χ1) is 9.47. The second-order valence-electron chi connectivity index (χ2n) is 6.62. The molecule has 0 aliphatic heterocycles. The van der Waals surface area contributed by atoms with Crippen LogP contribution in [0.1, 0.15) is 70.7 Å². The average Bonchev–Trinajstić information content (AvgIpc) is 3.02. The van der Waals surface area contributed by atoms with Gasteiger partial charge in [-0.15, -0.1) is 0 Å². The molecule has 1 aromatic heterocycles. The van der Waals surface area contributed by atoms with Crippen LogP contribution in [0.4, 0.5) is 0 Å². The molecule has 1 N–H and O–H groups in total. The van der Waals surface area contributed by atoms with Crippen molar-refractivity contribution in [3.8, 4) is 0 Å². The highest BCUT2D eigenvalue weighted by Crippen LogP contribution is 2.37. The summed E-state index contributed by atoms with van der Waals surface area (Å²) >= 11 is 0. The van der Waals surface area contributed by atoms with E-state index in [0.29, 0.717) is 24.4 Å². The fourth-order valence-corrected chi connectivity index (χ4v) is 2.98. The van der Waals surface area contributed by atoms with Crippen LogP contribution in [0.2, 0.25) is 0 Å². The lowest BCUT2D eigenvalue weighted by Gasteiger charge is -2.27. The highest BCUT2D eigenvalue weighted by Gasteiger charge is 2.35. The molecule has 1 heterocycles. The van der Waals surface area contributed by atoms with Crippen LogP contribution in [0, 0.1) is 5.41 Å². The van der Waals surface area contributed by atoms with E-state index in [9.17, 15) is 0 Å². The van der Waals surface area contributed by atoms with E-state index in [2.05, 4.69) is 36.2 Å². The van der Waals surface area contributed by atoms with E-state index in [0.717, 1.165) is 12.3 Å². The zero-order chi connectivity index (χ0) is 14.8. The van der Waals surface area contributed by atoms with Crippen molar-refractivity contribution in [3.63, 3.8) is 0 Å². The molecule has 3 atom stereocenters. The Labute approximate surface area is 121 Å². The lowest BCUT2D eigenvalue weighted by molar-refractivity contribution is -0.0203. The summed E-state index contributed by atoms with van der Waals surface area (Å²) in [5.41, 5.74) is -0.0464. The van der Waals surface area contributed by atoms with Gasteiger partial charge in [-0.2, -0.15) is 4.98 Å². The Morgan fingerprint density at radius 1 is 1.40 bits per heavy atom. The SMILES string of the molecule is CCOC(c1noc(C2CCCC2NC)n1)C(C)(C)C. The van der Waals surface area contributed by atoms with E-state index in [1.165, 1.54) is 12.8 Å². The van der Waals surface area contributed by atoms with Gasteiger partial charge in [0.2, 0.25) is 11.7 Å². The van der Waals surface area contributed by atoms with Crippen LogP contribution in [-0.4, -0.2) is 29.8 Å². The second-order valence-corrected chi connectivity index (χ2v) is 6.62. The van der Waals surface area contributed by atoms with E-state index < -0.39 is 0 Å². The zero-order valence-corrected chi connectivity index (χ0v) is 13.3. The van der Waals surface area contributed by atoms with Crippen LogP contribution in [-0.2, 0) is 4.74 Å². The summed E-state index contributed by atoms with van der Waals surface area (Å²) in [7, 11) is 2.00. The van der Waals surface area contributed by atoms with Crippen LogP contribution in [0.25, 0.3) is 0 Å². The van der Waals surface area contributed by atoms with Crippen LogP contribution in [0.3, 0.4) is 0 Å². The first-order valence-electron chi connectivity index (χ1n) is 7.59. The summed E-state index contributed by atoms with van der Waals surface area (Å²) in [5.74, 6) is 1.77. The molecule has 1 saturated carbocycles. The molecule has 0 amide bonds. The van der Waals surface area contributed by atoms with E-state index in [-0.39, 0.29) is 11.5 Å². The number of aromatic nitrogens is 2. The average molecular weight is 281 g/mol. The van der Waals surface area contributed by atoms with Gasteiger partial charge in [0.05, 0.1) is 5.92 Å². The molecule has 5 heteroatoms. The Morgan fingerprint density at radius 3 is 2.75 bits per heavy atom. The molecule has 0 aromatic carbocycles. The topological polar surface area (TPSA) is 60.2 Å². The summed E-state index contributed by atoms with van der Waals surface area (Å²) in [6, 6.07) is 0.448. The standard InChI is InChI=1S/C15H27N3O2/c1-6-19-12(15(2,3)4)13-17-14(20-18-13)10-8-7-9-11(10)16-5/h10-12,16H,6-9H2,1-5H3. The van der Waals surface area contributed by atoms with E-state index in [4.69, 9.17) is 9.26 Å². The fourth-order valence-electron chi connectivity index (χ4n) is 2.98. The summed E-state index contributed by atoms with van der Waals surface area (Å²) in [5, 5.41) is 7.52. The van der Waals surface area contributed by atoms with Gasteiger partial charge in [0.25, 0.3) is 0 Å². The quantitative estimate of drug-likeness (QED) is 0.899. The predicted molar refractivity (Wildman–Crippen MR) is 77.6 cm³/mol. The van der Waals surface area contributed by atoms with Gasteiger partial charge in [-0.05, 0) is 32.2 Å². The maximum absolute atomic E-state index is 5.82. The summed E-state index contributed by atoms with van der Waals surface area (Å²) in [6.07, 6.45) is 3.37. The third kappa shape index (κ3) is 3.20. The second kappa shape index (κ2) is 6.22. The van der Waals surface area contributed by atoms with E-state index in [1.54, 1.807) is 0 Å². The highest BCUT2D eigenvalue weighted by molar-refractivity contribution is 5.05. The van der Waals surface area contributed by atoms with Gasteiger partial charge in [-0.3, -0.25) is 0 Å². The Balaban J connectivity index is 2.18. The fraction of sp³-hybridized carbons (Fsp3) is 0.867. The molecular formula is C15H27N3O2. The number of nitrogens with one attached hydrogen (secondary N) is 1. The molecule has 20 heavy (non-hydrogen) atoms. The molecule has 1 aromatic rings. The van der Waals surface area contributed by atoms with E-state index >= 15 is 0 Å². The number of hydrogen-bond acceptors (Lipinski definition) is 5. The van der Waals surface area contributed by atoms with Crippen LogP contribution >= 0.6 is 0 Å². The third-order valence-corrected chi connectivity index (χ3v) is 4.02. The molecule has 0 radical (unpaired) electrons. The van der Waals surface area contributed by atoms with Gasteiger partial charge in [0.1, 0.15) is 6.10 Å². The Bertz CT molecular complexity index is 425. The van der Waals surface area contributed by atoms with Gasteiger partial charge < -0.3 is 14.6 Å². The van der Waals surface area contributed by atoms with Crippen molar-refractivity contribution in [2.75, 3.05) is 13.7 Å². The van der Waals surface area contributed by atoms with Gasteiger partial charge >= 0.3 is 0 Å². The molecule has 1 aliphatic rings. The van der Waals surface area contributed by atoms with Crippen molar-refractivity contribution in [3.05, 3.63) is 11.7 Å². The van der Waals surface area contributed by atoms with Crippen molar-refractivity contribution in [1.29, 1.82) is 0 Å². The molecule has 0 spiro atoms. The smallest absolute Gasteiger partial charge is 0.231 e. The first-order valence-corrected chi connectivity index (χ1v) is 7.59. The van der Waals surface area contributed by atoms with Crippen molar-refractivity contribution in [2.45, 2.75) is 65.0 Å². The third-order valence-electron chi connectivity index (χ3n) is 4.02. The zero-order valence-electron chi connectivity index (χ0n) is 13.3. The minimum absolute atomic E-state index is 0.0464. The number of likely N-dealkylation sites (N-methyl/N-ethyl adjacent to an activating group) is 1. The monoisotopic (exact) mass is 281 g/mol. The lowest BCUT2D eigenvalue weighted by Crippen LogP contribution is -2.27. The Morgan fingerprint density at radius 2 is 2.15 bits per heavy atom. The molecular weight excluding hydrogens is 254 g/mol. The highest BCUT2D eigenvalue weighted by atomic mass is 16.5. The molecule has 5 nitrogen and oxygen atoms in total. The van der Waals surface area contributed by atoms with Crippen molar-refractivity contribution in [2.24, 2.45) is 5.41 Å². The summed E-state index contributed by atoms with van der Waals surface area (Å²) in [4.78, 5) is 4.63. The molecule has 0 bridgehead atoms. The molecule has 1 aliphatic carbocycles. The van der Waals surface area contributed by atoms with Crippen molar-refractivity contribution < 1.29 is 9.26 Å². The molecule has 1 fully saturated rings. The maximum Gasteiger partial charge on any atom is 0.231 e. The lowest BCUT2D eigenvalue weighted by atomic mass is 9.88. The van der Waals surface area contributed by atoms with Gasteiger partial charge in [0.15, 0.2) is 0 Å². The largest absolute Gasteiger partial charge is 0.370 e. The summed E-state index contributed by atoms with van der Waals surface area (Å²) in [6.45, 7) is 9.04. The Hall–Kier alpha value is -0.940. The number of nitrogens with zero attached hydrogens (tertiary/aromatic N) is 2. The van der Waals surface area contributed by atoms with Crippen LogP contribution in [0.5, 0.6) is 0 Å². The molecule has 114 valence electrons. The summed E-state index contributed by atoms with van der Waals surface area (Å²) < 4.78 is 11.3. The minimum atomic E-state index is -0.126. The molecule has 3 unspecified atom stereocenters. The van der Waals surface area contributed by atoms with Crippen LogP contribution < -0.4 is 5.32 Å². The maximum atomic E-state index is 5.82. The van der Waals surface area contributed by atoms with Gasteiger partial charge in [0, 0.05) is 12.6 Å². The predicted octanol–water partition coefficient (Wildman–Crippen LogP) is 3.05. The van der Waals surface area contributed by atoms with Gasteiger partial charge in [-0.25, -0.2) is 0 Å². The van der Waals surface area contributed by atoms with Crippen molar-refractivity contribution >= 4 is 0 Å². The van der Waals surface area contributed by atoms with Crippen LogP contribution in [0.15, 0.2) is 4.52 Å². The first kappa shape index (κ1) is 15.4. The van der Waals surface area contributed by atoms with Crippen molar-refractivity contribution in [1.82, 2.24) is 15.5 Å². The molecule has 0 saturated heterocycles. The normalized spacial score (nSPS) is 25.1.